The maximum Gasteiger partial charge on any atom is 0.289 e. The second kappa shape index (κ2) is 9.32. The number of nitrogens with one attached hydrogen (secondary N) is 1. The van der Waals surface area contributed by atoms with E-state index in [0.29, 0.717) is 38.5 Å². The summed E-state index contributed by atoms with van der Waals surface area (Å²) in [5.74, 6) is 0.967. The molecule has 8 heteroatoms. The molecular weight excluding hydrogens is 384 g/mol. The fourth-order valence-electron chi connectivity index (χ4n) is 3.80. The normalized spacial score (nSPS) is 17.8. The van der Waals surface area contributed by atoms with Crippen LogP contribution in [0.4, 0.5) is 11.4 Å². The highest BCUT2D eigenvalue weighted by molar-refractivity contribution is 5.93. The smallest absolute Gasteiger partial charge is 0.289 e. The van der Waals surface area contributed by atoms with Crippen LogP contribution in [-0.4, -0.2) is 80.6 Å². The molecule has 4 rings (SSSR count). The molecule has 2 fully saturated rings. The van der Waals surface area contributed by atoms with Crippen LogP contribution < -0.4 is 10.2 Å². The minimum absolute atomic E-state index is 0.0458. The van der Waals surface area contributed by atoms with Crippen LogP contribution in [0, 0.1) is 6.92 Å². The number of amides is 2. The van der Waals surface area contributed by atoms with E-state index in [1.807, 2.05) is 31.2 Å². The molecule has 0 saturated carbocycles. The Labute approximate surface area is 176 Å². The topological polar surface area (TPSA) is 78.3 Å². The van der Waals surface area contributed by atoms with E-state index in [2.05, 4.69) is 15.1 Å². The third kappa shape index (κ3) is 5.01. The molecule has 1 N–H and O–H groups in total. The van der Waals surface area contributed by atoms with Gasteiger partial charge in [0.25, 0.3) is 5.91 Å². The molecule has 0 radical (unpaired) electrons. The van der Waals surface area contributed by atoms with E-state index < -0.39 is 0 Å². The monoisotopic (exact) mass is 412 g/mol. The largest absolute Gasteiger partial charge is 0.456 e. The fraction of sp³-hybridized carbons (Fsp3) is 0.455. The number of aryl methyl sites for hydroxylation is 1. The first-order chi connectivity index (χ1) is 14.6. The molecule has 3 heterocycles. The molecule has 0 aliphatic carbocycles. The van der Waals surface area contributed by atoms with Crippen LogP contribution in [0.25, 0.3) is 0 Å². The zero-order valence-electron chi connectivity index (χ0n) is 17.3. The number of benzene rings is 1. The van der Waals surface area contributed by atoms with Crippen molar-refractivity contribution in [1.82, 2.24) is 9.80 Å². The summed E-state index contributed by atoms with van der Waals surface area (Å²) in [6.07, 6.45) is 0. The third-order valence-electron chi connectivity index (χ3n) is 5.51. The molecule has 2 aromatic rings. The van der Waals surface area contributed by atoms with Gasteiger partial charge < -0.3 is 24.3 Å². The number of rotatable bonds is 5. The number of hydrogen-bond acceptors (Lipinski definition) is 6. The summed E-state index contributed by atoms with van der Waals surface area (Å²) in [5, 5.41) is 2.96. The lowest BCUT2D eigenvalue weighted by molar-refractivity contribution is -0.117. The van der Waals surface area contributed by atoms with Crippen LogP contribution in [-0.2, 0) is 9.53 Å². The molecule has 160 valence electrons. The quantitative estimate of drug-likeness (QED) is 0.807. The summed E-state index contributed by atoms with van der Waals surface area (Å²) in [7, 11) is 0. The highest BCUT2D eigenvalue weighted by Crippen LogP contribution is 2.19. The molecule has 2 aliphatic heterocycles. The van der Waals surface area contributed by atoms with Gasteiger partial charge in [0, 0.05) is 50.6 Å². The van der Waals surface area contributed by atoms with E-state index in [-0.39, 0.29) is 11.8 Å². The van der Waals surface area contributed by atoms with Gasteiger partial charge in [-0.15, -0.1) is 0 Å². The lowest BCUT2D eigenvalue weighted by atomic mass is 10.2. The Balaban J connectivity index is 1.22. The average molecular weight is 412 g/mol. The first-order valence-electron chi connectivity index (χ1n) is 10.4. The molecular formula is C22H28N4O4. The molecule has 8 nitrogen and oxygen atoms in total. The number of furan rings is 1. The maximum absolute atomic E-state index is 12.4. The van der Waals surface area contributed by atoms with E-state index in [0.717, 1.165) is 43.4 Å². The minimum Gasteiger partial charge on any atom is -0.456 e. The first kappa shape index (κ1) is 20.4. The molecule has 2 amide bonds. The van der Waals surface area contributed by atoms with Crippen molar-refractivity contribution < 1.29 is 18.7 Å². The van der Waals surface area contributed by atoms with Crippen molar-refractivity contribution in [2.75, 3.05) is 69.2 Å². The number of carbonyl (C=O) groups excluding carboxylic acids is 2. The lowest BCUT2D eigenvalue weighted by Crippen LogP contribution is -2.50. The van der Waals surface area contributed by atoms with Gasteiger partial charge in [-0.3, -0.25) is 14.5 Å². The Morgan fingerprint density at radius 3 is 2.27 bits per heavy atom. The molecule has 2 saturated heterocycles. The van der Waals surface area contributed by atoms with Crippen LogP contribution in [0.3, 0.4) is 0 Å². The molecule has 2 aliphatic rings. The summed E-state index contributed by atoms with van der Waals surface area (Å²) in [5.41, 5.74) is 1.93. The van der Waals surface area contributed by atoms with Gasteiger partial charge in [0.1, 0.15) is 5.76 Å². The summed E-state index contributed by atoms with van der Waals surface area (Å²) in [6.45, 7) is 7.90. The van der Waals surface area contributed by atoms with Crippen molar-refractivity contribution >= 4 is 23.2 Å². The molecule has 1 aromatic carbocycles. The van der Waals surface area contributed by atoms with Crippen LogP contribution in [0.15, 0.2) is 40.8 Å². The van der Waals surface area contributed by atoms with E-state index in [1.165, 1.54) is 0 Å². The number of nitrogens with zero attached hydrogens (tertiary/aromatic N) is 3. The standard InChI is InChI=1S/C22H28N4O4/c1-17-2-7-20(30-17)22(28)26-10-8-24(9-11-26)16-21(27)23-18-3-5-19(6-4-18)25-12-14-29-15-13-25/h2-7H,8-16H2,1H3,(H,23,27). The van der Waals surface area contributed by atoms with Gasteiger partial charge in [0.05, 0.1) is 19.8 Å². The minimum atomic E-state index is -0.0902. The number of hydrogen-bond donors (Lipinski definition) is 1. The number of piperazine rings is 1. The molecule has 1 aromatic heterocycles. The Hall–Kier alpha value is -2.84. The van der Waals surface area contributed by atoms with Crippen molar-refractivity contribution in [2.45, 2.75) is 6.92 Å². The highest BCUT2D eigenvalue weighted by Gasteiger charge is 2.25. The van der Waals surface area contributed by atoms with Crippen LogP contribution >= 0.6 is 0 Å². The van der Waals surface area contributed by atoms with Crippen molar-refractivity contribution in [3.8, 4) is 0 Å². The van der Waals surface area contributed by atoms with Gasteiger partial charge in [0.2, 0.25) is 5.91 Å². The average Bonchev–Trinajstić information content (AvgIpc) is 3.21. The van der Waals surface area contributed by atoms with Gasteiger partial charge in [0.15, 0.2) is 5.76 Å². The Bertz CT molecular complexity index is 866. The Kier molecular flexibility index (Phi) is 6.35. The lowest BCUT2D eigenvalue weighted by Gasteiger charge is -2.33. The highest BCUT2D eigenvalue weighted by atomic mass is 16.5. The number of anilines is 2. The number of ether oxygens (including phenoxy) is 1. The van der Waals surface area contributed by atoms with Crippen molar-refractivity contribution in [3.05, 3.63) is 47.9 Å². The van der Waals surface area contributed by atoms with Gasteiger partial charge in [-0.25, -0.2) is 0 Å². The van der Waals surface area contributed by atoms with E-state index in [9.17, 15) is 9.59 Å². The van der Waals surface area contributed by atoms with Gasteiger partial charge in [-0.05, 0) is 43.3 Å². The first-order valence-corrected chi connectivity index (χ1v) is 10.4. The second-order valence-electron chi connectivity index (χ2n) is 7.67. The van der Waals surface area contributed by atoms with E-state index in [1.54, 1.807) is 17.0 Å². The van der Waals surface area contributed by atoms with Gasteiger partial charge in [-0.2, -0.15) is 0 Å². The van der Waals surface area contributed by atoms with Crippen LogP contribution in [0.5, 0.6) is 0 Å². The van der Waals surface area contributed by atoms with Gasteiger partial charge in [-0.1, -0.05) is 0 Å². The van der Waals surface area contributed by atoms with Crippen LogP contribution in [0.2, 0.25) is 0 Å². The number of morpholine rings is 1. The predicted octanol–water partition coefficient (Wildman–Crippen LogP) is 1.82. The Morgan fingerprint density at radius 1 is 0.933 bits per heavy atom. The zero-order chi connectivity index (χ0) is 20.9. The molecule has 0 bridgehead atoms. The Morgan fingerprint density at radius 2 is 1.63 bits per heavy atom. The van der Waals surface area contributed by atoms with Crippen LogP contribution in [0.1, 0.15) is 16.3 Å². The molecule has 0 spiro atoms. The van der Waals surface area contributed by atoms with E-state index >= 15 is 0 Å². The summed E-state index contributed by atoms with van der Waals surface area (Å²) in [6, 6.07) is 11.4. The molecule has 30 heavy (non-hydrogen) atoms. The second-order valence-corrected chi connectivity index (χ2v) is 7.67. The summed E-state index contributed by atoms with van der Waals surface area (Å²) < 4.78 is 10.8. The summed E-state index contributed by atoms with van der Waals surface area (Å²) >= 11 is 0. The third-order valence-corrected chi connectivity index (χ3v) is 5.51. The van der Waals surface area contributed by atoms with Crippen molar-refractivity contribution in [3.63, 3.8) is 0 Å². The molecule has 0 unspecified atom stereocenters. The van der Waals surface area contributed by atoms with E-state index in [4.69, 9.17) is 9.15 Å². The van der Waals surface area contributed by atoms with Crippen molar-refractivity contribution in [1.29, 1.82) is 0 Å². The maximum atomic E-state index is 12.4. The fourth-order valence-corrected chi connectivity index (χ4v) is 3.80. The van der Waals surface area contributed by atoms with Crippen molar-refractivity contribution in [2.24, 2.45) is 0 Å². The predicted molar refractivity (Wildman–Crippen MR) is 114 cm³/mol. The summed E-state index contributed by atoms with van der Waals surface area (Å²) in [4.78, 5) is 31.0. The molecule has 0 atom stereocenters. The van der Waals surface area contributed by atoms with Gasteiger partial charge >= 0.3 is 0 Å². The zero-order valence-corrected chi connectivity index (χ0v) is 17.3. The SMILES string of the molecule is Cc1ccc(C(=O)N2CCN(CC(=O)Nc3ccc(N4CCOCC4)cc3)CC2)o1. The number of carbonyl (C=O) groups is 2.